The average molecular weight is 323 g/mol. The monoisotopic (exact) mass is 322 g/mol. The van der Waals surface area contributed by atoms with Gasteiger partial charge in [-0.1, -0.05) is 25.4 Å². The maximum atomic E-state index is 14.4. The Bertz CT molecular complexity index is 564. The minimum Gasteiger partial charge on any atom is -0.316 e. The molecule has 0 saturated carbocycles. The summed E-state index contributed by atoms with van der Waals surface area (Å²) in [7, 11) is -2.20. The van der Waals surface area contributed by atoms with Gasteiger partial charge in [0.1, 0.15) is 10.7 Å². The van der Waals surface area contributed by atoms with E-state index in [1.807, 2.05) is 6.92 Å². The zero-order valence-corrected chi connectivity index (χ0v) is 13.5. The summed E-state index contributed by atoms with van der Waals surface area (Å²) in [6.45, 7) is 4.47. The molecule has 0 aliphatic carbocycles. The number of hydrogen-bond donors (Lipinski definition) is 1. The van der Waals surface area contributed by atoms with Crippen molar-refractivity contribution in [3.05, 3.63) is 28.5 Å². The summed E-state index contributed by atoms with van der Waals surface area (Å²) in [4.78, 5) is -0.356. The van der Waals surface area contributed by atoms with E-state index < -0.39 is 15.8 Å². The molecule has 1 aromatic carbocycles. The molecule has 1 rings (SSSR count). The lowest BCUT2D eigenvalue weighted by molar-refractivity contribution is 0.422. The van der Waals surface area contributed by atoms with Crippen LogP contribution in [-0.4, -0.2) is 32.9 Å². The summed E-state index contributed by atoms with van der Waals surface area (Å²) < 4.78 is 40.6. The number of benzene rings is 1. The summed E-state index contributed by atoms with van der Waals surface area (Å²) in [6.07, 6.45) is 0.665. The molecule has 0 heterocycles. The molecular weight excluding hydrogens is 303 g/mol. The van der Waals surface area contributed by atoms with E-state index in [0.717, 1.165) is 0 Å². The first-order valence-electron chi connectivity index (χ1n) is 6.51. The van der Waals surface area contributed by atoms with Crippen LogP contribution >= 0.6 is 11.6 Å². The molecule has 0 unspecified atom stereocenters. The van der Waals surface area contributed by atoms with Crippen molar-refractivity contribution in [1.29, 1.82) is 0 Å². The quantitative estimate of drug-likeness (QED) is 0.839. The van der Waals surface area contributed by atoms with Gasteiger partial charge in [-0.25, -0.2) is 12.8 Å². The van der Waals surface area contributed by atoms with Crippen LogP contribution in [0.2, 0.25) is 5.02 Å². The van der Waals surface area contributed by atoms with Crippen molar-refractivity contribution in [2.75, 3.05) is 20.1 Å². The third-order valence-electron chi connectivity index (χ3n) is 2.89. The molecule has 0 aliphatic heterocycles. The van der Waals surface area contributed by atoms with Gasteiger partial charge in [-0.3, -0.25) is 0 Å². The van der Waals surface area contributed by atoms with E-state index in [0.29, 0.717) is 19.5 Å². The van der Waals surface area contributed by atoms with E-state index in [1.165, 1.54) is 16.4 Å². The first-order chi connectivity index (χ1) is 9.38. The fourth-order valence-corrected chi connectivity index (χ4v) is 3.94. The molecule has 0 aliphatic rings. The fourth-order valence-electron chi connectivity index (χ4n) is 1.96. The van der Waals surface area contributed by atoms with E-state index in [-0.39, 0.29) is 22.0 Å². The standard InChI is InChI=1S/C13H20ClFN2O2S/c1-4-6-17(5-2)20(18,19)12-8-11(14)7-10(9-16-3)13(12)15/h7-8,16H,4-6,9H2,1-3H3. The van der Waals surface area contributed by atoms with Crippen molar-refractivity contribution in [1.82, 2.24) is 9.62 Å². The van der Waals surface area contributed by atoms with E-state index in [4.69, 9.17) is 11.6 Å². The van der Waals surface area contributed by atoms with Crippen molar-refractivity contribution in [2.24, 2.45) is 0 Å². The highest BCUT2D eigenvalue weighted by atomic mass is 35.5. The van der Waals surface area contributed by atoms with Gasteiger partial charge >= 0.3 is 0 Å². The second-order valence-corrected chi connectivity index (χ2v) is 6.75. The third kappa shape index (κ3) is 3.69. The van der Waals surface area contributed by atoms with Crippen LogP contribution in [0.25, 0.3) is 0 Å². The zero-order valence-electron chi connectivity index (χ0n) is 11.9. The van der Waals surface area contributed by atoms with Crippen LogP contribution in [0.5, 0.6) is 0 Å². The Morgan fingerprint density at radius 1 is 1.35 bits per heavy atom. The summed E-state index contributed by atoms with van der Waals surface area (Å²) in [5, 5.41) is 3.00. The molecule has 0 fully saturated rings. The van der Waals surface area contributed by atoms with E-state index in [1.54, 1.807) is 14.0 Å². The van der Waals surface area contributed by atoms with Crippen LogP contribution in [0, 0.1) is 5.82 Å². The number of nitrogens with zero attached hydrogens (tertiary/aromatic N) is 1. The number of hydrogen-bond acceptors (Lipinski definition) is 3. The Kier molecular flexibility index (Phi) is 6.39. The topological polar surface area (TPSA) is 49.4 Å². The third-order valence-corrected chi connectivity index (χ3v) is 5.08. The van der Waals surface area contributed by atoms with Crippen molar-refractivity contribution in [3.63, 3.8) is 0 Å². The Hall–Kier alpha value is -0.690. The fraction of sp³-hybridized carbons (Fsp3) is 0.538. The highest BCUT2D eigenvalue weighted by molar-refractivity contribution is 7.89. The summed E-state index contributed by atoms with van der Waals surface area (Å²) >= 11 is 5.91. The van der Waals surface area contributed by atoms with Crippen LogP contribution in [0.4, 0.5) is 4.39 Å². The van der Waals surface area contributed by atoms with Gasteiger partial charge in [0.2, 0.25) is 10.0 Å². The van der Waals surface area contributed by atoms with Gasteiger partial charge in [-0.05, 0) is 25.6 Å². The zero-order chi connectivity index (χ0) is 15.3. The average Bonchev–Trinajstić information content (AvgIpc) is 2.39. The van der Waals surface area contributed by atoms with Crippen molar-refractivity contribution in [2.45, 2.75) is 31.7 Å². The Morgan fingerprint density at radius 2 is 2.00 bits per heavy atom. The predicted molar refractivity (Wildman–Crippen MR) is 78.9 cm³/mol. The molecule has 7 heteroatoms. The molecule has 0 amide bonds. The highest BCUT2D eigenvalue weighted by Gasteiger charge is 2.27. The lowest BCUT2D eigenvalue weighted by Gasteiger charge is -2.21. The number of sulfonamides is 1. The molecule has 4 nitrogen and oxygen atoms in total. The maximum absolute atomic E-state index is 14.4. The summed E-state index contributed by atoms with van der Waals surface area (Å²) in [5.41, 5.74) is 0.242. The van der Waals surface area contributed by atoms with Crippen LogP contribution < -0.4 is 5.32 Å². The molecule has 1 N–H and O–H groups in total. The molecule has 1 aromatic rings. The number of halogens is 2. The van der Waals surface area contributed by atoms with Crippen LogP contribution in [-0.2, 0) is 16.6 Å². The number of rotatable bonds is 7. The SMILES string of the molecule is CCCN(CC)S(=O)(=O)c1cc(Cl)cc(CNC)c1F. The molecule has 0 atom stereocenters. The molecular formula is C13H20ClFN2O2S. The Labute approximate surface area is 125 Å². The first-order valence-corrected chi connectivity index (χ1v) is 8.32. The second kappa shape index (κ2) is 7.36. The van der Waals surface area contributed by atoms with E-state index in [2.05, 4.69) is 5.32 Å². The van der Waals surface area contributed by atoms with Crippen LogP contribution in [0.3, 0.4) is 0 Å². The lowest BCUT2D eigenvalue weighted by Crippen LogP contribution is -2.32. The summed E-state index contributed by atoms with van der Waals surface area (Å²) in [5.74, 6) is -0.738. The van der Waals surface area contributed by atoms with Gasteiger partial charge in [-0.2, -0.15) is 4.31 Å². The van der Waals surface area contributed by atoms with Crippen molar-refractivity contribution >= 4 is 21.6 Å². The maximum Gasteiger partial charge on any atom is 0.246 e. The molecule has 0 aromatic heterocycles. The van der Waals surface area contributed by atoms with Gasteiger partial charge in [-0.15, -0.1) is 0 Å². The molecule has 0 spiro atoms. The van der Waals surface area contributed by atoms with Gasteiger partial charge < -0.3 is 5.32 Å². The normalized spacial score (nSPS) is 12.1. The van der Waals surface area contributed by atoms with Crippen molar-refractivity contribution in [3.8, 4) is 0 Å². The second-order valence-electron chi connectivity index (χ2n) is 4.40. The largest absolute Gasteiger partial charge is 0.316 e. The molecule has 0 bridgehead atoms. The highest BCUT2D eigenvalue weighted by Crippen LogP contribution is 2.26. The smallest absolute Gasteiger partial charge is 0.246 e. The van der Waals surface area contributed by atoms with Crippen LogP contribution in [0.1, 0.15) is 25.8 Å². The number of nitrogens with one attached hydrogen (secondary N) is 1. The molecule has 0 saturated heterocycles. The van der Waals surface area contributed by atoms with Gasteiger partial charge in [0.05, 0.1) is 0 Å². The van der Waals surface area contributed by atoms with Gasteiger partial charge in [0.15, 0.2) is 0 Å². The molecule has 0 radical (unpaired) electrons. The lowest BCUT2D eigenvalue weighted by atomic mass is 10.2. The first kappa shape index (κ1) is 17.4. The minimum absolute atomic E-state index is 0.211. The summed E-state index contributed by atoms with van der Waals surface area (Å²) in [6, 6.07) is 2.60. The molecule has 20 heavy (non-hydrogen) atoms. The van der Waals surface area contributed by atoms with Crippen molar-refractivity contribution < 1.29 is 12.8 Å². The van der Waals surface area contributed by atoms with Gasteiger partial charge in [0, 0.05) is 30.2 Å². The minimum atomic E-state index is -3.86. The van der Waals surface area contributed by atoms with Crippen LogP contribution in [0.15, 0.2) is 17.0 Å². The predicted octanol–water partition coefficient (Wildman–Crippen LogP) is 2.62. The van der Waals surface area contributed by atoms with Gasteiger partial charge in [0.25, 0.3) is 0 Å². The Balaban J connectivity index is 3.37. The Morgan fingerprint density at radius 3 is 2.50 bits per heavy atom. The van der Waals surface area contributed by atoms with E-state index >= 15 is 0 Å². The molecule has 114 valence electrons. The van der Waals surface area contributed by atoms with E-state index in [9.17, 15) is 12.8 Å².